The van der Waals surface area contributed by atoms with Gasteiger partial charge in [-0.15, -0.1) is 0 Å². The molecule has 0 saturated carbocycles. The average Bonchev–Trinajstić information content (AvgIpc) is 3.85. The first kappa shape index (κ1) is 36.4. The summed E-state index contributed by atoms with van der Waals surface area (Å²) in [5, 5.41) is 9.81. The average molecular weight is 818 g/mol. The first-order valence-electron chi connectivity index (χ1n) is 21.9. The molecule has 2 aromatic heterocycles. The van der Waals surface area contributed by atoms with Crippen molar-refractivity contribution in [3.8, 4) is 67.5 Å². The van der Waals surface area contributed by atoms with Crippen molar-refractivity contribution in [2.45, 2.75) is 19.3 Å². The molecule has 0 unspecified atom stereocenters. The van der Waals surface area contributed by atoms with E-state index in [1.54, 1.807) is 0 Å². The predicted octanol–water partition coefficient (Wildman–Crippen LogP) is 15.9. The molecule has 0 aliphatic heterocycles. The van der Waals surface area contributed by atoms with Crippen LogP contribution < -0.4 is 0 Å². The molecule has 0 amide bonds. The molecule has 0 saturated heterocycles. The van der Waals surface area contributed by atoms with Crippen molar-refractivity contribution in [2.75, 3.05) is 0 Å². The monoisotopic (exact) mass is 817 g/mol. The maximum atomic E-state index is 6.52. The van der Waals surface area contributed by atoms with E-state index < -0.39 is 0 Å². The van der Waals surface area contributed by atoms with Gasteiger partial charge in [0.15, 0.2) is 17.5 Å². The Labute approximate surface area is 370 Å². The first-order valence-corrected chi connectivity index (χ1v) is 21.9. The molecule has 1 aliphatic rings. The molecule has 10 aromatic carbocycles. The minimum atomic E-state index is -0.137. The van der Waals surface area contributed by atoms with E-state index in [0.717, 1.165) is 55.3 Å². The molecule has 12 aromatic rings. The van der Waals surface area contributed by atoms with E-state index in [1.165, 1.54) is 60.1 Å². The van der Waals surface area contributed by atoms with Crippen LogP contribution in [0, 0.1) is 0 Å². The highest BCUT2D eigenvalue weighted by Gasteiger charge is 2.37. The second-order valence-corrected chi connectivity index (χ2v) is 17.5. The number of hydrogen-bond donors (Lipinski definition) is 0. The van der Waals surface area contributed by atoms with Crippen molar-refractivity contribution < 1.29 is 4.42 Å². The Kier molecular flexibility index (Phi) is 7.92. The SMILES string of the molecule is CC1(C)c2ccccc2-c2c(-c3nc(-c4ccccc4)nc(-c4ccc(-c5cccc6oc7ccc(-c8ccc9c%10ccccc%10c%10ccccc%10c9c8)cc7c56)cc4)n3)cccc21. The van der Waals surface area contributed by atoms with Gasteiger partial charge in [0.1, 0.15) is 11.2 Å². The number of benzene rings is 10. The minimum absolute atomic E-state index is 0.137. The maximum Gasteiger partial charge on any atom is 0.164 e. The topological polar surface area (TPSA) is 51.8 Å². The fraction of sp³-hybridized carbons (Fsp3) is 0.0500. The summed E-state index contributed by atoms with van der Waals surface area (Å²) in [5.74, 6) is 1.94. The molecule has 0 radical (unpaired) electrons. The van der Waals surface area contributed by atoms with Gasteiger partial charge in [0.05, 0.1) is 0 Å². The minimum Gasteiger partial charge on any atom is -0.456 e. The fourth-order valence-corrected chi connectivity index (χ4v) is 10.4. The Morgan fingerprint density at radius 3 is 1.56 bits per heavy atom. The summed E-state index contributed by atoms with van der Waals surface area (Å²) < 4.78 is 6.52. The zero-order valence-electron chi connectivity index (χ0n) is 35.3. The Bertz CT molecular complexity index is 3830. The highest BCUT2D eigenvalue weighted by atomic mass is 16.3. The molecule has 4 nitrogen and oxygen atoms in total. The van der Waals surface area contributed by atoms with Crippen molar-refractivity contribution in [1.29, 1.82) is 0 Å². The van der Waals surface area contributed by atoms with Crippen molar-refractivity contribution >= 4 is 54.3 Å². The smallest absolute Gasteiger partial charge is 0.164 e. The van der Waals surface area contributed by atoms with Crippen LogP contribution in [0.15, 0.2) is 205 Å². The van der Waals surface area contributed by atoms with Crippen molar-refractivity contribution in [1.82, 2.24) is 15.0 Å². The quantitative estimate of drug-likeness (QED) is 0.162. The van der Waals surface area contributed by atoms with Gasteiger partial charge in [-0.05, 0) is 101 Å². The first-order chi connectivity index (χ1) is 31.5. The molecule has 0 fully saturated rings. The van der Waals surface area contributed by atoms with E-state index >= 15 is 0 Å². The molecule has 300 valence electrons. The van der Waals surface area contributed by atoms with E-state index in [-0.39, 0.29) is 5.41 Å². The standard InChI is InChI=1S/C60H39N3O/c1-60(2)51-23-11-10-20-47(51)55-48(22-12-24-52(55)60)59-62-57(37-14-4-3-5-15-37)61-58(63-59)38-28-26-36(27-29-38)41-21-13-25-54-56(41)50-35-40(31-33-53(50)64-54)39-30-32-46-44-18-7-6-16-42(44)43-17-8-9-19-45(43)49(46)34-39/h3-35H,1-2H3. The van der Waals surface area contributed by atoms with Crippen molar-refractivity contribution in [3.63, 3.8) is 0 Å². The maximum absolute atomic E-state index is 6.52. The third-order valence-electron chi connectivity index (χ3n) is 13.5. The molecular formula is C60H39N3O. The van der Waals surface area contributed by atoms with Gasteiger partial charge in [-0.25, -0.2) is 15.0 Å². The molecule has 0 N–H and O–H groups in total. The van der Waals surface area contributed by atoms with Gasteiger partial charge in [0.2, 0.25) is 0 Å². The number of nitrogens with zero attached hydrogens (tertiary/aromatic N) is 3. The van der Waals surface area contributed by atoms with E-state index in [0.29, 0.717) is 17.5 Å². The van der Waals surface area contributed by atoms with Gasteiger partial charge in [-0.3, -0.25) is 0 Å². The molecule has 0 spiro atoms. The van der Waals surface area contributed by atoms with Crippen LogP contribution in [0.3, 0.4) is 0 Å². The van der Waals surface area contributed by atoms with E-state index in [4.69, 9.17) is 19.4 Å². The van der Waals surface area contributed by atoms with Crippen molar-refractivity contribution in [3.05, 3.63) is 211 Å². The van der Waals surface area contributed by atoms with E-state index in [9.17, 15) is 0 Å². The van der Waals surface area contributed by atoms with Crippen LogP contribution in [-0.4, -0.2) is 15.0 Å². The summed E-state index contributed by atoms with van der Waals surface area (Å²) in [6.45, 7) is 4.60. The lowest BCUT2D eigenvalue weighted by atomic mass is 9.82. The molecular weight excluding hydrogens is 779 g/mol. The normalized spacial score (nSPS) is 13.0. The van der Waals surface area contributed by atoms with Gasteiger partial charge in [-0.1, -0.05) is 190 Å². The Morgan fingerprint density at radius 2 is 0.828 bits per heavy atom. The number of hydrogen-bond acceptors (Lipinski definition) is 4. The van der Waals surface area contributed by atoms with Gasteiger partial charge in [0, 0.05) is 32.9 Å². The number of aromatic nitrogens is 3. The second-order valence-electron chi connectivity index (χ2n) is 17.5. The molecule has 13 rings (SSSR count). The summed E-state index contributed by atoms with van der Waals surface area (Å²) >= 11 is 0. The number of fused-ring (bicyclic) bond motifs is 12. The molecule has 1 aliphatic carbocycles. The van der Waals surface area contributed by atoms with Crippen LogP contribution in [0.25, 0.3) is 122 Å². The van der Waals surface area contributed by atoms with Crippen LogP contribution in [0.2, 0.25) is 0 Å². The molecule has 4 heteroatoms. The summed E-state index contributed by atoms with van der Waals surface area (Å²) in [6, 6.07) is 71.4. The van der Waals surface area contributed by atoms with Crippen LogP contribution in [0.1, 0.15) is 25.0 Å². The third-order valence-corrected chi connectivity index (χ3v) is 13.5. The summed E-state index contributed by atoms with van der Waals surface area (Å²) in [7, 11) is 0. The lowest BCUT2D eigenvalue weighted by Crippen LogP contribution is -2.14. The number of furan rings is 1. The fourth-order valence-electron chi connectivity index (χ4n) is 10.4. The van der Waals surface area contributed by atoms with Gasteiger partial charge in [-0.2, -0.15) is 0 Å². The third kappa shape index (κ3) is 5.52. The van der Waals surface area contributed by atoms with Crippen molar-refractivity contribution in [2.24, 2.45) is 0 Å². The van der Waals surface area contributed by atoms with Gasteiger partial charge in [0.25, 0.3) is 0 Å². The van der Waals surface area contributed by atoms with E-state index in [1.807, 2.05) is 18.2 Å². The lowest BCUT2D eigenvalue weighted by molar-refractivity contribution is 0.660. The van der Waals surface area contributed by atoms with Crippen LogP contribution in [0.4, 0.5) is 0 Å². The highest BCUT2D eigenvalue weighted by molar-refractivity contribution is 6.26. The molecule has 64 heavy (non-hydrogen) atoms. The summed E-state index contributed by atoms with van der Waals surface area (Å²) in [6.07, 6.45) is 0. The lowest BCUT2D eigenvalue weighted by Gasteiger charge is -2.21. The van der Waals surface area contributed by atoms with Gasteiger partial charge < -0.3 is 4.42 Å². The van der Waals surface area contributed by atoms with Crippen LogP contribution in [-0.2, 0) is 5.41 Å². The van der Waals surface area contributed by atoms with Crippen LogP contribution in [0.5, 0.6) is 0 Å². The zero-order chi connectivity index (χ0) is 42.5. The number of rotatable bonds is 5. The van der Waals surface area contributed by atoms with Gasteiger partial charge >= 0.3 is 0 Å². The predicted molar refractivity (Wildman–Crippen MR) is 264 cm³/mol. The molecule has 0 bridgehead atoms. The molecule has 0 atom stereocenters. The molecule has 2 heterocycles. The largest absolute Gasteiger partial charge is 0.456 e. The highest BCUT2D eigenvalue weighted by Crippen LogP contribution is 2.52. The Hall–Kier alpha value is -8.21. The summed E-state index contributed by atoms with van der Waals surface area (Å²) in [5.41, 5.74) is 14.0. The summed E-state index contributed by atoms with van der Waals surface area (Å²) in [4.78, 5) is 15.5. The van der Waals surface area contributed by atoms with Crippen LogP contribution >= 0.6 is 0 Å². The zero-order valence-corrected chi connectivity index (χ0v) is 35.3. The second kappa shape index (κ2) is 13.9. The van der Waals surface area contributed by atoms with E-state index in [2.05, 4.69) is 196 Å². The Balaban J connectivity index is 0.920. The Morgan fingerprint density at radius 1 is 0.328 bits per heavy atom.